The van der Waals surface area contributed by atoms with Crippen molar-refractivity contribution < 1.29 is 9.18 Å². The average Bonchev–Trinajstić information content (AvgIpc) is 2.94. The summed E-state index contributed by atoms with van der Waals surface area (Å²) in [6.45, 7) is 1.80. The van der Waals surface area contributed by atoms with Gasteiger partial charge in [-0.05, 0) is 31.4 Å². The highest BCUT2D eigenvalue weighted by Crippen LogP contribution is 2.52. The number of benzene rings is 1. The summed E-state index contributed by atoms with van der Waals surface area (Å²) >= 11 is 6.03. The highest BCUT2D eigenvalue weighted by molar-refractivity contribution is 6.32. The van der Waals surface area contributed by atoms with Crippen molar-refractivity contribution in [1.82, 2.24) is 0 Å². The lowest BCUT2D eigenvalue weighted by Gasteiger charge is -2.13. The lowest BCUT2D eigenvalue weighted by molar-refractivity contribution is 0.547. The van der Waals surface area contributed by atoms with E-state index in [2.05, 4.69) is 4.99 Å². The van der Waals surface area contributed by atoms with Gasteiger partial charge in [-0.1, -0.05) is 17.7 Å². The molecule has 2 rings (SSSR count). The van der Waals surface area contributed by atoms with Crippen LogP contribution in [0.25, 0.3) is 0 Å². The lowest BCUT2D eigenvalue weighted by Crippen LogP contribution is -2.07. The van der Waals surface area contributed by atoms with Crippen LogP contribution in [0.3, 0.4) is 0 Å². The minimum absolute atomic E-state index is 0.340. The predicted octanol–water partition coefficient (Wildman–Crippen LogP) is 3.11. The fraction of sp³-hybridized carbons (Fsp3) is 0.364. The van der Waals surface area contributed by atoms with E-state index >= 15 is 0 Å². The maximum Gasteiger partial charge on any atom is 0.235 e. The maximum absolute atomic E-state index is 13.6. The molecule has 1 aromatic rings. The molecule has 0 unspecified atom stereocenters. The van der Waals surface area contributed by atoms with E-state index in [1.54, 1.807) is 13.0 Å². The number of carbonyl (C=O) groups excluding carboxylic acids is 1. The number of rotatable bonds is 2. The Bertz CT molecular complexity index is 462. The summed E-state index contributed by atoms with van der Waals surface area (Å²) < 4.78 is 13.6. The van der Waals surface area contributed by atoms with Crippen LogP contribution in [-0.4, -0.2) is 6.08 Å². The zero-order valence-electron chi connectivity index (χ0n) is 8.18. The van der Waals surface area contributed by atoms with Crippen LogP contribution < -0.4 is 0 Å². The highest BCUT2D eigenvalue weighted by Gasteiger charge is 2.48. The van der Waals surface area contributed by atoms with Crippen LogP contribution in [-0.2, 0) is 10.3 Å². The van der Waals surface area contributed by atoms with Gasteiger partial charge in [0.1, 0.15) is 11.4 Å². The van der Waals surface area contributed by atoms with E-state index in [4.69, 9.17) is 11.6 Å². The fourth-order valence-electron chi connectivity index (χ4n) is 1.71. The Balaban J connectivity index is 2.62. The second-order valence-electron chi connectivity index (χ2n) is 3.79. The van der Waals surface area contributed by atoms with E-state index in [0.29, 0.717) is 23.4 Å². The maximum atomic E-state index is 13.6. The number of isocyanates is 1. The van der Waals surface area contributed by atoms with Gasteiger partial charge in [0, 0.05) is 5.56 Å². The molecule has 1 aromatic carbocycles. The summed E-state index contributed by atoms with van der Waals surface area (Å²) in [6, 6.07) is 2.97. The molecule has 0 bridgehead atoms. The van der Waals surface area contributed by atoms with Crippen molar-refractivity contribution in [3.05, 3.63) is 34.1 Å². The number of nitrogens with zero attached hydrogens (tertiary/aromatic N) is 1. The normalized spacial score (nSPS) is 17.0. The Morgan fingerprint density at radius 1 is 1.53 bits per heavy atom. The van der Waals surface area contributed by atoms with E-state index in [1.165, 1.54) is 12.1 Å². The zero-order chi connectivity index (χ0) is 11.1. The first-order chi connectivity index (χ1) is 7.10. The quantitative estimate of drug-likeness (QED) is 0.562. The smallest absolute Gasteiger partial charge is 0.211 e. The van der Waals surface area contributed by atoms with E-state index in [0.717, 1.165) is 5.56 Å². The van der Waals surface area contributed by atoms with E-state index in [-0.39, 0.29) is 0 Å². The topological polar surface area (TPSA) is 29.4 Å². The molecule has 78 valence electrons. The summed E-state index contributed by atoms with van der Waals surface area (Å²) in [5.41, 5.74) is 0.391. The Hall–Kier alpha value is -1.18. The number of hydrogen-bond acceptors (Lipinski definition) is 2. The number of aryl methyl sites for hydroxylation is 1. The molecule has 0 radical (unpaired) electrons. The summed E-state index contributed by atoms with van der Waals surface area (Å²) in [5, 5.41) is 0.367. The van der Waals surface area contributed by atoms with Gasteiger partial charge in [0.2, 0.25) is 6.08 Å². The van der Waals surface area contributed by atoms with Crippen molar-refractivity contribution in [1.29, 1.82) is 0 Å². The van der Waals surface area contributed by atoms with Crippen LogP contribution in [0.2, 0.25) is 5.02 Å². The minimum Gasteiger partial charge on any atom is -0.211 e. The Morgan fingerprint density at radius 2 is 2.20 bits per heavy atom. The zero-order valence-corrected chi connectivity index (χ0v) is 8.94. The fourth-order valence-corrected chi connectivity index (χ4v) is 2.04. The SMILES string of the molecule is Cc1ccc(F)c(C2(N=C=O)CC2)c1Cl. The van der Waals surface area contributed by atoms with Gasteiger partial charge in [-0.3, -0.25) is 0 Å². The average molecular weight is 226 g/mol. The molecule has 1 aliphatic rings. The molecule has 4 heteroatoms. The monoisotopic (exact) mass is 225 g/mol. The molecule has 15 heavy (non-hydrogen) atoms. The second-order valence-corrected chi connectivity index (χ2v) is 4.17. The molecule has 0 amide bonds. The van der Waals surface area contributed by atoms with Gasteiger partial charge in [0.15, 0.2) is 0 Å². The van der Waals surface area contributed by atoms with Gasteiger partial charge < -0.3 is 0 Å². The third-order valence-electron chi connectivity index (χ3n) is 2.73. The second kappa shape index (κ2) is 3.44. The molecule has 0 aliphatic heterocycles. The van der Waals surface area contributed by atoms with Crippen molar-refractivity contribution >= 4 is 17.7 Å². The third kappa shape index (κ3) is 1.58. The summed E-state index contributed by atoms with van der Waals surface area (Å²) in [7, 11) is 0. The first-order valence-corrected chi connectivity index (χ1v) is 5.03. The van der Waals surface area contributed by atoms with Crippen molar-refractivity contribution in [3.8, 4) is 0 Å². The summed E-state index contributed by atoms with van der Waals surface area (Å²) in [6.07, 6.45) is 2.80. The van der Waals surface area contributed by atoms with Crippen LogP contribution >= 0.6 is 11.6 Å². The summed E-state index contributed by atoms with van der Waals surface area (Å²) in [5.74, 6) is -0.401. The molecular formula is C11H9ClFNO. The van der Waals surface area contributed by atoms with Crippen molar-refractivity contribution in [2.24, 2.45) is 4.99 Å². The molecular weight excluding hydrogens is 217 g/mol. The molecule has 1 aliphatic carbocycles. The number of aliphatic imine (C=N–C) groups is 1. The number of halogens is 2. The van der Waals surface area contributed by atoms with Crippen molar-refractivity contribution in [2.75, 3.05) is 0 Å². The van der Waals surface area contributed by atoms with Gasteiger partial charge in [-0.25, -0.2) is 9.18 Å². The van der Waals surface area contributed by atoms with Crippen LogP contribution in [0.4, 0.5) is 4.39 Å². The highest BCUT2D eigenvalue weighted by atomic mass is 35.5. The molecule has 0 saturated heterocycles. The van der Waals surface area contributed by atoms with Crippen LogP contribution in [0.15, 0.2) is 17.1 Å². The first-order valence-electron chi connectivity index (χ1n) is 4.65. The molecule has 0 aromatic heterocycles. The largest absolute Gasteiger partial charge is 0.235 e. The van der Waals surface area contributed by atoms with Gasteiger partial charge in [0.05, 0.1) is 5.02 Å². The van der Waals surface area contributed by atoms with Crippen LogP contribution in [0.1, 0.15) is 24.0 Å². The number of hydrogen-bond donors (Lipinski definition) is 0. The molecule has 0 atom stereocenters. The Morgan fingerprint density at radius 3 is 2.73 bits per heavy atom. The minimum atomic E-state index is -0.741. The van der Waals surface area contributed by atoms with Crippen LogP contribution in [0.5, 0.6) is 0 Å². The Kier molecular flexibility index (Phi) is 2.37. The molecule has 1 saturated carbocycles. The molecule has 2 nitrogen and oxygen atoms in total. The third-order valence-corrected chi connectivity index (χ3v) is 3.22. The van der Waals surface area contributed by atoms with Crippen LogP contribution in [0, 0.1) is 12.7 Å². The van der Waals surface area contributed by atoms with E-state index < -0.39 is 11.4 Å². The van der Waals surface area contributed by atoms with Gasteiger partial charge in [0.25, 0.3) is 0 Å². The summed E-state index contributed by atoms with van der Waals surface area (Å²) in [4.78, 5) is 14.0. The van der Waals surface area contributed by atoms with Gasteiger partial charge in [-0.2, -0.15) is 4.99 Å². The first kappa shape index (κ1) is 10.3. The van der Waals surface area contributed by atoms with E-state index in [1.807, 2.05) is 0 Å². The predicted molar refractivity (Wildman–Crippen MR) is 55.2 cm³/mol. The van der Waals surface area contributed by atoms with Crippen molar-refractivity contribution in [2.45, 2.75) is 25.3 Å². The Labute approximate surface area is 91.8 Å². The van der Waals surface area contributed by atoms with Gasteiger partial charge >= 0.3 is 0 Å². The van der Waals surface area contributed by atoms with Crippen molar-refractivity contribution in [3.63, 3.8) is 0 Å². The molecule has 0 spiro atoms. The molecule has 1 fully saturated rings. The van der Waals surface area contributed by atoms with E-state index in [9.17, 15) is 9.18 Å². The molecule has 0 N–H and O–H groups in total. The van der Waals surface area contributed by atoms with Gasteiger partial charge in [-0.15, -0.1) is 0 Å². The molecule has 0 heterocycles. The lowest BCUT2D eigenvalue weighted by atomic mass is 10.0. The standard InChI is InChI=1S/C11H9ClFNO/c1-7-2-3-8(13)9(10(7)12)11(4-5-11)14-6-15/h2-3H,4-5H2,1H3.